The van der Waals surface area contributed by atoms with Crippen LogP contribution >= 0.6 is 0 Å². The third kappa shape index (κ3) is 4.50. The third-order valence-electron chi connectivity index (χ3n) is 2.84. The van der Waals surface area contributed by atoms with Gasteiger partial charge in [0.2, 0.25) is 0 Å². The summed E-state index contributed by atoms with van der Waals surface area (Å²) in [6.07, 6.45) is 1.21. The smallest absolute Gasteiger partial charge is 0.387 e. The fourth-order valence-electron chi connectivity index (χ4n) is 1.82. The Kier molecular flexibility index (Phi) is 5.62. The van der Waals surface area contributed by atoms with E-state index in [1.54, 1.807) is 36.4 Å². The molecule has 0 aromatic heterocycles. The summed E-state index contributed by atoms with van der Waals surface area (Å²) in [5, 5.41) is 3.76. The van der Waals surface area contributed by atoms with Gasteiger partial charge in [0.15, 0.2) is 11.5 Å². The predicted molar refractivity (Wildman–Crippen MR) is 81.1 cm³/mol. The van der Waals surface area contributed by atoms with Gasteiger partial charge in [-0.2, -0.15) is 13.9 Å². The Morgan fingerprint density at radius 2 is 1.91 bits per heavy atom. The molecule has 0 saturated carbocycles. The van der Waals surface area contributed by atoms with Crippen molar-refractivity contribution in [2.24, 2.45) is 5.10 Å². The van der Waals surface area contributed by atoms with Gasteiger partial charge in [-0.25, -0.2) is 5.43 Å². The predicted octanol–water partition coefficient (Wildman–Crippen LogP) is 3.06. The molecule has 0 aliphatic heterocycles. The summed E-state index contributed by atoms with van der Waals surface area (Å²) in [6.45, 7) is -3.00. The molecular weight excluding hydrogens is 306 g/mol. The van der Waals surface area contributed by atoms with Crippen molar-refractivity contribution in [1.29, 1.82) is 0 Å². The molecule has 5 nitrogen and oxygen atoms in total. The van der Waals surface area contributed by atoms with E-state index >= 15 is 0 Å². The second kappa shape index (κ2) is 7.88. The van der Waals surface area contributed by atoms with E-state index in [9.17, 15) is 13.6 Å². The average Bonchev–Trinajstić information content (AvgIpc) is 2.56. The number of para-hydroxylation sites is 1. The lowest BCUT2D eigenvalue weighted by atomic mass is 10.2. The van der Waals surface area contributed by atoms with Crippen molar-refractivity contribution in [2.45, 2.75) is 6.61 Å². The molecule has 120 valence electrons. The van der Waals surface area contributed by atoms with E-state index < -0.39 is 12.5 Å². The summed E-state index contributed by atoms with van der Waals surface area (Å²) in [6, 6.07) is 13.1. The number of alkyl halides is 2. The van der Waals surface area contributed by atoms with Gasteiger partial charge < -0.3 is 9.47 Å². The van der Waals surface area contributed by atoms with E-state index in [-0.39, 0.29) is 17.1 Å². The maximum atomic E-state index is 12.5. The van der Waals surface area contributed by atoms with Gasteiger partial charge >= 0.3 is 6.61 Å². The SMILES string of the molecule is COc1cccc(/C=N\NC(=O)c2ccccc2)c1OC(F)F. The summed E-state index contributed by atoms with van der Waals surface area (Å²) < 4.78 is 34.4. The molecular formula is C16H14F2N2O3. The van der Waals surface area contributed by atoms with Gasteiger partial charge in [-0.1, -0.05) is 24.3 Å². The van der Waals surface area contributed by atoms with Gasteiger partial charge in [0, 0.05) is 11.1 Å². The monoisotopic (exact) mass is 320 g/mol. The Balaban J connectivity index is 2.14. The van der Waals surface area contributed by atoms with Crippen LogP contribution in [0, 0.1) is 0 Å². The number of rotatable bonds is 6. The first-order valence-corrected chi connectivity index (χ1v) is 6.62. The summed E-state index contributed by atoms with van der Waals surface area (Å²) in [4.78, 5) is 11.8. The quantitative estimate of drug-likeness (QED) is 0.657. The van der Waals surface area contributed by atoms with Gasteiger partial charge in [0.05, 0.1) is 13.3 Å². The minimum absolute atomic E-state index is 0.142. The maximum Gasteiger partial charge on any atom is 0.387 e. The fourth-order valence-corrected chi connectivity index (χ4v) is 1.82. The van der Waals surface area contributed by atoms with Crippen LogP contribution in [0.4, 0.5) is 8.78 Å². The first-order chi connectivity index (χ1) is 11.1. The standard InChI is InChI=1S/C16H14F2N2O3/c1-22-13-9-5-8-12(14(13)23-16(17)18)10-19-20-15(21)11-6-3-2-4-7-11/h2-10,16H,1H3,(H,20,21)/b19-10-. The molecule has 1 amide bonds. The molecule has 0 unspecified atom stereocenters. The van der Waals surface area contributed by atoms with Crippen LogP contribution in [0.25, 0.3) is 0 Å². The van der Waals surface area contributed by atoms with Gasteiger partial charge in [-0.3, -0.25) is 4.79 Å². The molecule has 0 aliphatic carbocycles. The summed E-state index contributed by atoms with van der Waals surface area (Å²) >= 11 is 0. The minimum atomic E-state index is -3.00. The molecule has 0 saturated heterocycles. The summed E-state index contributed by atoms with van der Waals surface area (Å²) in [5.41, 5.74) is 2.99. The minimum Gasteiger partial charge on any atom is -0.493 e. The summed E-state index contributed by atoms with van der Waals surface area (Å²) in [7, 11) is 1.34. The van der Waals surface area contributed by atoms with Crippen molar-refractivity contribution in [1.82, 2.24) is 5.43 Å². The average molecular weight is 320 g/mol. The molecule has 1 N–H and O–H groups in total. The molecule has 0 atom stereocenters. The number of ether oxygens (including phenoxy) is 2. The van der Waals surface area contributed by atoms with E-state index in [1.165, 1.54) is 25.5 Å². The molecule has 0 aliphatic rings. The van der Waals surface area contributed by atoms with Crippen LogP contribution in [0.2, 0.25) is 0 Å². The first kappa shape index (κ1) is 16.4. The molecule has 2 rings (SSSR count). The molecule has 7 heteroatoms. The van der Waals surface area contributed by atoms with Crippen LogP contribution in [0.3, 0.4) is 0 Å². The second-order valence-electron chi connectivity index (χ2n) is 4.32. The number of halogens is 2. The van der Waals surface area contributed by atoms with E-state index in [1.807, 2.05) is 0 Å². The van der Waals surface area contributed by atoms with Crippen molar-refractivity contribution in [2.75, 3.05) is 7.11 Å². The van der Waals surface area contributed by atoms with Crippen LogP contribution in [-0.4, -0.2) is 25.8 Å². The number of carbonyl (C=O) groups excluding carboxylic acids is 1. The van der Waals surface area contributed by atoms with Crippen molar-refractivity contribution in [3.63, 3.8) is 0 Å². The number of benzene rings is 2. The molecule has 23 heavy (non-hydrogen) atoms. The second-order valence-corrected chi connectivity index (χ2v) is 4.32. The molecule has 2 aromatic carbocycles. The lowest BCUT2D eigenvalue weighted by molar-refractivity contribution is -0.0513. The largest absolute Gasteiger partial charge is 0.493 e. The van der Waals surface area contributed by atoms with Crippen LogP contribution < -0.4 is 14.9 Å². The first-order valence-electron chi connectivity index (χ1n) is 6.62. The highest BCUT2D eigenvalue weighted by atomic mass is 19.3. The van der Waals surface area contributed by atoms with E-state index in [0.717, 1.165) is 0 Å². The van der Waals surface area contributed by atoms with Gasteiger partial charge in [0.1, 0.15) is 0 Å². The Labute approximate surface area is 131 Å². The Hall–Kier alpha value is -2.96. The topological polar surface area (TPSA) is 59.9 Å². The number of nitrogens with one attached hydrogen (secondary N) is 1. The van der Waals surface area contributed by atoms with Crippen LogP contribution in [0.1, 0.15) is 15.9 Å². The molecule has 0 spiro atoms. The number of hydrogen-bond donors (Lipinski definition) is 1. The van der Waals surface area contributed by atoms with Crippen LogP contribution in [0.15, 0.2) is 53.6 Å². The number of nitrogens with zero attached hydrogens (tertiary/aromatic N) is 1. The highest BCUT2D eigenvalue weighted by Gasteiger charge is 2.14. The number of methoxy groups -OCH3 is 1. The highest BCUT2D eigenvalue weighted by molar-refractivity contribution is 5.95. The number of amides is 1. The van der Waals surface area contributed by atoms with Crippen molar-refractivity contribution in [3.05, 3.63) is 59.7 Å². The molecule has 2 aromatic rings. The van der Waals surface area contributed by atoms with Crippen molar-refractivity contribution < 1.29 is 23.0 Å². The van der Waals surface area contributed by atoms with Gasteiger partial charge in [-0.15, -0.1) is 0 Å². The van der Waals surface area contributed by atoms with E-state index in [0.29, 0.717) is 5.56 Å². The van der Waals surface area contributed by atoms with Gasteiger partial charge in [-0.05, 0) is 24.3 Å². The molecule has 0 fully saturated rings. The summed E-state index contributed by atoms with van der Waals surface area (Å²) in [5.74, 6) is -0.424. The number of hydrazone groups is 1. The fraction of sp³-hybridized carbons (Fsp3) is 0.125. The van der Waals surface area contributed by atoms with Crippen molar-refractivity contribution >= 4 is 12.1 Å². The highest BCUT2D eigenvalue weighted by Crippen LogP contribution is 2.31. The Morgan fingerprint density at radius 3 is 2.57 bits per heavy atom. The van der Waals surface area contributed by atoms with Crippen molar-refractivity contribution in [3.8, 4) is 11.5 Å². The van der Waals surface area contributed by atoms with Gasteiger partial charge in [0.25, 0.3) is 5.91 Å². The third-order valence-corrected chi connectivity index (χ3v) is 2.84. The normalized spacial score (nSPS) is 10.8. The van der Waals surface area contributed by atoms with E-state index in [2.05, 4.69) is 15.3 Å². The molecule has 0 heterocycles. The van der Waals surface area contributed by atoms with Crippen LogP contribution in [0.5, 0.6) is 11.5 Å². The zero-order valence-corrected chi connectivity index (χ0v) is 12.2. The van der Waals surface area contributed by atoms with E-state index in [4.69, 9.17) is 4.74 Å². The zero-order chi connectivity index (χ0) is 16.7. The molecule has 0 bridgehead atoms. The molecule has 0 radical (unpaired) electrons. The zero-order valence-electron chi connectivity index (χ0n) is 12.2. The Bertz CT molecular complexity index is 691. The maximum absolute atomic E-state index is 12.5. The number of carbonyl (C=O) groups is 1. The lowest BCUT2D eigenvalue weighted by Gasteiger charge is -2.11. The lowest BCUT2D eigenvalue weighted by Crippen LogP contribution is -2.17. The Morgan fingerprint density at radius 1 is 1.17 bits per heavy atom. The van der Waals surface area contributed by atoms with Crippen LogP contribution in [-0.2, 0) is 0 Å². The number of hydrogen-bond acceptors (Lipinski definition) is 4.